The molecule has 1 aromatic heterocycles. The third-order valence-electron chi connectivity index (χ3n) is 4.29. The number of carbonyl (C=O) groups excluding carboxylic acids is 1. The van der Waals surface area contributed by atoms with Crippen LogP contribution < -0.4 is 4.74 Å². The Bertz CT molecular complexity index is 800. The highest BCUT2D eigenvalue weighted by Crippen LogP contribution is 2.40. The molecule has 2 heterocycles. The van der Waals surface area contributed by atoms with Crippen LogP contribution in [0.1, 0.15) is 24.8 Å². The number of piperidine rings is 1. The molecule has 7 heteroatoms. The van der Waals surface area contributed by atoms with Gasteiger partial charge in [-0.15, -0.1) is 11.3 Å². The summed E-state index contributed by atoms with van der Waals surface area (Å²) in [7, 11) is 3.12. The normalized spacial score (nSPS) is 21.2. The van der Waals surface area contributed by atoms with Crippen LogP contribution in [0.5, 0.6) is 5.75 Å². The fourth-order valence-corrected chi connectivity index (χ4v) is 3.86. The summed E-state index contributed by atoms with van der Waals surface area (Å²) in [5.41, 5.74) is 0.189. The highest BCUT2D eigenvalue weighted by Gasteiger charge is 2.40. The van der Waals surface area contributed by atoms with Gasteiger partial charge in [-0.05, 0) is 17.7 Å². The number of halogens is 1. The number of thiazole rings is 1. The molecule has 5 nitrogen and oxygen atoms in total. The van der Waals surface area contributed by atoms with Gasteiger partial charge < -0.3 is 9.64 Å². The molecule has 1 N–H and O–H groups in total. The van der Waals surface area contributed by atoms with Crippen molar-refractivity contribution in [3.05, 3.63) is 35.2 Å². The van der Waals surface area contributed by atoms with E-state index in [1.807, 2.05) is 6.92 Å². The molecule has 0 aliphatic carbocycles. The van der Waals surface area contributed by atoms with Crippen molar-refractivity contribution in [1.29, 1.82) is 5.41 Å². The number of rotatable bonds is 3. The molecule has 3 rings (SSSR count). The number of hydrogen-bond acceptors (Lipinski definition) is 5. The van der Waals surface area contributed by atoms with E-state index in [1.165, 1.54) is 35.5 Å². The Labute approximate surface area is 143 Å². The number of nitrogens with zero attached hydrogens (tertiary/aromatic N) is 2. The number of hydrogen-bond donors (Lipinski definition) is 1. The SMILES string of the molecule is COc1cc(F)cc(-c2cnc([C@@]3(C)CC(=N)N(C)C(=O)C3)s2)c1. The van der Waals surface area contributed by atoms with Crippen molar-refractivity contribution in [1.82, 2.24) is 9.88 Å². The molecule has 1 fully saturated rings. The van der Waals surface area contributed by atoms with Gasteiger partial charge in [0.05, 0.1) is 17.0 Å². The Hall–Kier alpha value is -2.28. The average Bonchev–Trinajstić information content (AvgIpc) is 3.03. The monoisotopic (exact) mass is 347 g/mol. The fourth-order valence-electron chi connectivity index (χ4n) is 2.81. The van der Waals surface area contributed by atoms with Gasteiger partial charge in [0.2, 0.25) is 5.91 Å². The average molecular weight is 347 g/mol. The predicted molar refractivity (Wildman–Crippen MR) is 91.1 cm³/mol. The molecule has 0 unspecified atom stereocenters. The van der Waals surface area contributed by atoms with Crippen LogP contribution >= 0.6 is 11.3 Å². The molecule has 1 saturated heterocycles. The predicted octanol–water partition coefficient (Wildman–Crippen LogP) is 3.44. The van der Waals surface area contributed by atoms with Crippen molar-refractivity contribution < 1.29 is 13.9 Å². The highest BCUT2D eigenvalue weighted by atomic mass is 32.1. The molecule has 0 radical (unpaired) electrons. The minimum atomic E-state index is -0.499. The summed E-state index contributed by atoms with van der Waals surface area (Å²) in [5.74, 6) is 0.278. The van der Waals surface area contributed by atoms with E-state index < -0.39 is 5.41 Å². The lowest BCUT2D eigenvalue weighted by Gasteiger charge is -2.36. The van der Waals surface area contributed by atoms with Crippen molar-refractivity contribution in [3.63, 3.8) is 0 Å². The summed E-state index contributed by atoms with van der Waals surface area (Å²) in [5, 5.41) is 8.78. The van der Waals surface area contributed by atoms with Crippen LogP contribution in [0.25, 0.3) is 10.4 Å². The maximum absolute atomic E-state index is 13.7. The number of carbonyl (C=O) groups is 1. The summed E-state index contributed by atoms with van der Waals surface area (Å²) in [6.07, 6.45) is 2.45. The lowest BCUT2D eigenvalue weighted by Crippen LogP contribution is -2.46. The van der Waals surface area contributed by atoms with Crippen molar-refractivity contribution in [3.8, 4) is 16.2 Å². The second kappa shape index (κ2) is 5.98. The summed E-state index contributed by atoms with van der Waals surface area (Å²) >= 11 is 1.42. The van der Waals surface area contributed by atoms with Gasteiger partial charge in [0.25, 0.3) is 0 Å². The molecule has 0 bridgehead atoms. The van der Waals surface area contributed by atoms with E-state index in [0.717, 1.165) is 9.88 Å². The van der Waals surface area contributed by atoms with Crippen molar-refractivity contribution >= 4 is 23.1 Å². The van der Waals surface area contributed by atoms with Crippen molar-refractivity contribution in [2.24, 2.45) is 0 Å². The summed E-state index contributed by atoms with van der Waals surface area (Å²) in [6, 6.07) is 4.51. The van der Waals surface area contributed by atoms with Crippen LogP contribution in [0.4, 0.5) is 4.39 Å². The first-order valence-electron chi connectivity index (χ1n) is 7.47. The van der Waals surface area contributed by atoms with Crippen LogP contribution in [-0.2, 0) is 10.2 Å². The molecular formula is C17H18FN3O2S. The number of benzene rings is 1. The summed E-state index contributed by atoms with van der Waals surface area (Å²) in [4.78, 5) is 18.7. The molecule has 1 aromatic carbocycles. The van der Waals surface area contributed by atoms with E-state index >= 15 is 0 Å². The first kappa shape index (κ1) is 16.6. The molecule has 126 valence electrons. The standard InChI is InChI=1S/C17H18FN3O2S/c1-17(7-14(19)21(2)15(22)8-17)16-20-9-13(24-16)10-4-11(18)6-12(5-10)23-3/h4-6,9,19H,7-8H2,1-3H3/t17-/m0/s1. The summed E-state index contributed by atoms with van der Waals surface area (Å²) in [6.45, 7) is 1.95. The maximum Gasteiger partial charge on any atom is 0.228 e. The lowest BCUT2D eigenvalue weighted by molar-refractivity contribution is -0.128. The number of amidine groups is 1. The molecule has 1 aliphatic rings. The van der Waals surface area contributed by atoms with Gasteiger partial charge >= 0.3 is 0 Å². The Morgan fingerprint density at radius 1 is 1.38 bits per heavy atom. The number of amides is 1. The second-order valence-electron chi connectivity index (χ2n) is 6.22. The van der Waals surface area contributed by atoms with Gasteiger partial charge in [0.15, 0.2) is 0 Å². The zero-order valence-corrected chi connectivity index (χ0v) is 14.5. The van der Waals surface area contributed by atoms with Crippen LogP contribution in [0.2, 0.25) is 0 Å². The van der Waals surface area contributed by atoms with Crippen molar-refractivity contribution in [2.45, 2.75) is 25.2 Å². The number of aromatic nitrogens is 1. The molecule has 2 aromatic rings. The van der Waals surface area contributed by atoms with E-state index in [-0.39, 0.29) is 17.6 Å². The molecular weight excluding hydrogens is 329 g/mol. The number of likely N-dealkylation sites (tertiary alicyclic amines) is 1. The minimum absolute atomic E-state index is 0.0853. The lowest BCUT2D eigenvalue weighted by atomic mass is 9.80. The fraction of sp³-hybridized carbons (Fsp3) is 0.353. The van der Waals surface area contributed by atoms with Gasteiger partial charge in [0, 0.05) is 37.6 Å². The Balaban J connectivity index is 1.95. The molecule has 0 saturated carbocycles. The minimum Gasteiger partial charge on any atom is -0.497 e. The van der Waals surface area contributed by atoms with Crippen LogP contribution in [-0.4, -0.2) is 35.8 Å². The topological polar surface area (TPSA) is 66.3 Å². The van der Waals surface area contributed by atoms with E-state index in [2.05, 4.69) is 4.98 Å². The zero-order chi connectivity index (χ0) is 17.5. The molecule has 1 aliphatic heterocycles. The van der Waals surface area contributed by atoms with Gasteiger partial charge in [0.1, 0.15) is 17.4 Å². The Morgan fingerprint density at radius 3 is 2.79 bits per heavy atom. The van der Waals surface area contributed by atoms with E-state index in [0.29, 0.717) is 24.2 Å². The van der Waals surface area contributed by atoms with E-state index in [1.54, 1.807) is 19.3 Å². The quantitative estimate of drug-likeness (QED) is 0.925. The van der Waals surface area contributed by atoms with E-state index in [4.69, 9.17) is 10.1 Å². The number of ether oxygens (including phenoxy) is 1. The first-order valence-corrected chi connectivity index (χ1v) is 8.29. The maximum atomic E-state index is 13.7. The largest absolute Gasteiger partial charge is 0.497 e. The van der Waals surface area contributed by atoms with Gasteiger partial charge in [-0.1, -0.05) is 6.92 Å². The smallest absolute Gasteiger partial charge is 0.228 e. The Kier molecular flexibility index (Phi) is 4.13. The highest BCUT2D eigenvalue weighted by molar-refractivity contribution is 7.15. The molecule has 24 heavy (non-hydrogen) atoms. The molecule has 1 amide bonds. The summed E-state index contributed by atoms with van der Waals surface area (Å²) < 4.78 is 18.8. The van der Waals surface area contributed by atoms with Crippen LogP contribution in [0.15, 0.2) is 24.4 Å². The van der Waals surface area contributed by atoms with Gasteiger partial charge in [-0.2, -0.15) is 0 Å². The first-order chi connectivity index (χ1) is 11.3. The van der Waals surface area contributed by atoms with Crippen LogP contribution in [0.3, 0.4) is 0 Å². The van der Waals surface area contributed by atoms with Gasteiger partial charge in [-0.25, -0.2) is 9.37 Å². The van der Waals surface area contributed by atoms with Crippen molar-refractivity contribution in [2.75, 3.05) is 14.2 Å². The Morgan fingerprint density at radius 2 is 2.12 bits per heavy atom. The third kappa shape index (κ3) is 2.91. The zero-order valence-electron chi connectivity index (χ0n) is 13.7. The molecule has 1 atom stereocenters. The van der Waals surface area contributed by atoms with Gasteiger partial charge in [-0.3, -0.25) is 10.2 Å². The number of nitrogens with one attached hydrogen (secondary N) is 1. The van der Waals surface area contributed by atoms with Crippen LogP contribution in [0, 0.1) is 11.2 Å². The third-order valence-corrected chi connectivity index (χ3v) is 5.64. The second-order valence-corrected chi connectivity index (χ2v) is 7.25. The van der Waals surface area contributed by atoms with E-state index in [9.17, 15) is 9.18 Å². The molecule has 0 spiro atoms. The number of methoxy groups -OCH3 is 1.